The van der Waals surface area contributed by atoms with Gasteiger partial charge in [-0.2, -0.15) is 4.31 Å². The van der Waals surface area contributed by atoms with Crippen molar-refractivity contribution >= 4 is 15.9 Å². The molecule has 1 heterocycles. The van der Waals surface area contributed by atoms with Crippen LogP contribution in [0.15, 0.2) is 41.0 Å². The molecule has 1 aliphatic carbocycles. The second-order valence-electron chi connectivity index (χ2n) is 10.1. The molecule has 1 saturated carbocycles. The second-order valence-corrected chi connectivity index (χ2v) is 12.0. The Balaban J connectivity index is 1.64. The minimum Gasteiger partial charge on any atom is -0.497 e. The first-order valence-corrected chi connectivity index (χ1v) is 14.6. The highest BCUT2D eigenvalue weighted by Crippen LogP contribution is 2.31. The van der Waals surface area contributed by atoms with Crippen LogP contribution in [-0.2, 0) is 24.3 Å². The van der Waals surface area contributed by atoms with Crippen molar-refractivity contribution in [2.24, 2.45) is 11.8 Å². The summed E-state index contributed by atoms with van der Waals surface area (Å²) < 4.78 is 44.5. The molecule has 0 aromatic heterocycles. The lowest BCUT2D eigenvalue weighted by Gasteiger charge is -2.35. The molecule has 10 heteroatoms. The van der Waals surface area contributed by atoms with E-state index in [4.69, 9.17) is 14.2 Å². The Morgan fingerprint density at radius 3 is 2.41 bits per heavy atom. The number of nitrogens with zero attached hydrogens (tertiary/aromatic N) is 2. The van der Waals surface area contributed by atoms with Crippen LogP contribution in [0.4, 0.5) is 0 Å². The normalized spacial score (nSPS) is 21.0. The van der Waals surface area contributed by atoms with Gasteiger partial charge in [0.25, 0.3) is 5.91 Å². The van der Waals surface area contributed by atoms with Crippen LogP contribution in [0.1, 0.15) is 52.4 Å². The van der Waals surface area contributed by atoms with E-state index in [2.05, 4.69) is 13.8 Å². The average Bonchev–Trinajstić information content (AvgIpc) is 2.92. The SMILES string of the molecule is COc1ccc(S(=O)(=O)N(CCO)CCOC2CC(C(C)C)C=C(C(=O)N(C)C3CCCCC3)O2)cc1. The van der Waals surface area contributed by atoms with Crippen LogP contribution >= 0.6 is 0 Å². The number of amides is 1. The lowest BCUT2D eigenvalue weighted by molar-refractivity contribution is -0.157. The van der Waals surface area contributed by atoms with Crippen molar-refractivity contribution in [1.82, 2.24) is 9.21 Å². The monoisotopic (exact) mass is 538 g/mol. The lowest BCUT2D eigenvalue weighted by Crippen LogP contribution is -2.42. The van der Waals surface area contributed by atoms with Crippen LogP contribution in [0, 0.1) is 11.8 Å². The van der Waals surface area contributed by atoms with E-state index < -0.39 is 16.3 Å². The maximum Gasteiger partial charge on any atom is 0.288 e. The van der Waals surface area contributed by atoms with Crippen molar-refractivity contribution in [3.63, 3.8) is 0 Å². The standard InChI is InChI=1S/C27H42N2O7S/c1-20(2)21-18-25(27(31)28(3)22-8-6-5-7-9-22)36-26(19-21)35-17-15-29(14-16-30)37(32,33)24-12-10-23(34-4)11-13-24/h10-13,18,20-22,26,30H,5-9,14-17,19H2,1-4H3. The number of sulfonamides is 1. The Bertz CT molecular complexity index is 1000. The second kappa shape index (κ2) is 13.6. The largest absolute Gasteiger partial charge is 0.497 e. The van der Waals surface area contributed by atoms with Crippen LogP contribution in [0.3, 0.4) is 0 Å². The molecule has 2 unspecified atom stereocenters. The molecule has 2 atom stereocenters. The van der Waals surface area contributed by atoms with E-state index >= 15 is 0 Å². The van der Waals surface area contributed by atoms with E-state index in [0.29, 0.717) is 23.8 Å². The molecule has 0 radical (unpaired) electrons. The fourth-order valence-corrected chi connectivity index (χ4v) is 6.27. The molecule has 0 bridgehead atoms. The van der Waals surface area contributed by atoms with Gasteiger partial charge in [-0.15, -0.1) is 0 Å². The third kappa shape index (κ3) is 7.69. The average molecular weight is 539 g/mol. The smallest absolute Gasteiger partial charge is 0.288 e. The van der Waals surface area contributed by atoms with Gasteiger partial charge in [0, 0.05) is 32.6 Å². The van der Waals surface area contributed by atoms with Crippen molar-refractivity contribution in [2.75, 3.05) is 40.5 Å². The van der Waals surface area contributed by atoms with Gasteiger partial charge >= 0.3 is 0 Å². The van der Waals surface area contributed by atoms with Gasteiger partial charge in [0.15, 0.2) is 5.76 Å². The van der Waals surface area contributed by atoms with Crippen LogP contribution in [-0.4, -0.2) is 81.4 Å². The van der Waals surface area contributed by atoms with E-state index in [9.17, 15) is 18.3 Å². The van der Waals surface area contributed by atoms with E-state index in [-0.39, 0.29) is 49.1 Å². The van der Waals surface area contributed by atoms with Crippen molar-refractivity contribution in [1.29, 1.82) is 0 Å². The third-order valence-corrected chi connectivity index (χ3v) is 9.20. The number of aliphatic hydroxyl groups is 1. The summed E-state index contributed by atoms with van der Waals surface area (Å²) in [5.74, 6) is 1.13. The Kier molecular flexibility index (Phi) is 10.8. The summed E-state index contributed by atoms with van der Waals surface area (Å²) in [4.78, 5) is 15.2. The number of carbonyl (C=O) groups is 1. The molecule has 1 aromatic carbocycles. The first-order valence-electron chi connectivity index (χ1n) is 13.2. The molecule has 1 aliphatic heterocycles. The minimum atomic E-state index is -3.84. The van der Waals surface area contributed by atoms with Crippen LogP contribution in [0.25, 0.3) is 0 Å². The molecular formula is C27H42N2O7S. The maximum absolute atomic E-state index is 13.3. The zero-order chi connectivity index (χ0) is 27.0. The number of rotatable bonds is 12. The third-order valence-electron chi connectivity index (χ3n) is 7.29. The molecule has 1 fully saturated rings. The Morgan fingerprint density at radius 1 is 1.14 bits per heavy atom. The zero-order valence-corrected chi connectivity index (χ0v) is 23.3. The zero-order valence-electron chi connectivity index (χ0n) is 22.5. The molecule has 1 amide bonds. The summed E-state index contributed by atoms with van der Waals surface area (Å²) in [6.07, 6.45) is 7.32. The molecule has 2 aliphatic rings. The number of hydrogen-bond donors (Lipinski definition) is 1. The fraction of sp³-hybridized carbons (Fsp3) is 0.667. The molecule has 1 N–H and O–H groups in total. The van der Waals surface area contributed by atoms with Crippen molar-refractivity contribution in [3.8, 4) is 5.75 Å². The van der Waals surface area contributed by atoms with Gasteiger partial charge in [0.1, 0.15) is 5.75 Å². The fourth-order valence-electron chi connectivity index (χ4n) is 4.86. The van der Waals surface area contributed by atoms with E-state index in [0.717, 1.165) is 25.7 Å². The lowest BCUT2D eigenvalue weighted by atomic mass is 9.89. The molecule has 1 aromatic rings. The summed E-state index contributed by atoms with van der Waals surface area (Å²) in [7, 11) is -0.485. The van der Waals surface area contributed by atoms with Crippen molar-refractivity contribution < 1.29 is 32.5 Å². The topological polar surface area (TPSA) is 106 Å². The number of benzene rings is 1. The molecule has 37 heavy (non-hydrogen) atoms. The van der Waals surface area contributed by atoms with Crippen molar-refractivity contribution in [2.45, 2.75) is 69.6 Å². The molecule has 9 nitrogen and oxygen atoms in total. The number of carbonyl (C=O) groups excluding carboxylic acids is 1. The summed E-state index contributed by atoms with van der Waals surface area (Å²) in [5.41, 5.74) is 0. The van der Waals surface area contributed by atoms with Crippen LogP contribution in [0.5, 0.6) is 5.75 Å². The molecule has 0 spiro atoms. The minimum absolute atomic E-state index is 0.0378. The molecule has 3 rings (SSSR count). The summed E-state index contributed by atoms with van der Waals surface area (Å²) in [6.45, 7) is 3.91. The first kappa shape index (κ1) is 29.4. The number of aliphatic hydroxyl groups excluding tert-OH is 1. The van der Waals surface area contributed by atoms with E-state index in [1.54, 1.807) is 17.0 Å². The van der Waals surface area contributed by atoms with E-state index in [1.165, 1.54) is 30.0 Å². The van der Waals surface area contributed by atoms with Gasteiger partial charge in [-0.25, -0.2) is 8.42 Å². The number of methoxy groups -OCH3 is 1. The number of likely N-dealkylation sites (N-methyl/N-ethyl adjacent to an activating group) is 1. The molecular weight excluding hydrogens is 496 g/mol. The maximum atomic E-state index is 13.3. The highest BCUT2D eigenvalue weighted by molar-refractivity contribution is 7.89. The van der Waals surface area contributed by atoms with Gasteiger partial charge in [-0.05, 0) is 55.0 Å². The summed E-state index contributed by atoms with van der Waals surface area (Å²) >= 11 is 0. The number of ether oxygens (including phenoxy) is 3. The molecule has 0 saturated heterocycles. The first-order chi connectivity index (χ1) is 17.7. The quantitative estimate of drug-likeness (QED) is 0.435. The van der Waals surface area contributed by atoms with Crippen molar-refractivity contribution in [3.05, 3.63) is 36.1 Å². The highest BCUT2D eigenvalue weighted by atomic mass is 32.2. The number of allylic oxidation sites excluding steroid dienone is 1. The van der Waals surface area contributed by atoms with Gasteiger partial charge in [-0.3, -0.25) is 4.79 Å². The predicted molar refractivity (Wildman–Crippen MR) is 140 cm³/mol. The summed E-state index contributed by atoms with van der Waals surface area (Å²) in [6, 6.07) is 6.33. The predicted octanol–water partition coefficient (Wildman–Crippen LogP) is 3.39. The Labute approximate surface area is 221 Å². The van der Waals surface area contributed by atoms with Crippen LogP contribution < -0.4 is 4.74 Å². The number of hydrogen-bond acceptors (Lipinski definition) is 7. The van der Waals surface area contributed by atoms with Gasteiger partial charge in [0.05, 0.1) is 25.2 Å². The Hall–Kier alpha value is -2.14. The van der Waals surface area contributed by atoms with Gasteiger partial charge in [-0.1, -0.05) is 33.1 Å². The van der Waals surface area contributed by atoms with Gasteiger partial charge < -0.3 is 24.2 Å². The van der Waals surface area contributed by atoms with E-state index in [1.807, 2.05) is 13.1 Å². The Morgan fingerprint density at radius 2 is 1.81 bits per heavy atom. The van der Waals surface area contributed by atoms with Crippen LogP contribution in [0.2, 0.25) is 0 Å². The molecule has 208 valence electrons. The highest BCUT2D eigenvalue weighted by Gasteiger charge is 2.33. The van der Waals surface area contributed by atoms with Gasteiger partial charge in [0.2, 0.25) is 16.3 Å². The summed E-state index contributed by atoms with van der Waals surface area (Å²) in [5, 5.41) is 9.49.